The van der Waals surface area contributed by atoms with Gasteiger partial charge in [-0.05, 0) is 36.4 Å². The predicted octanol–water partition coefficient (Wildman–Crippen LogP) is 4.54. The Morgan fingerprint density at radius 1 is 0.933 bits per heavy atom. The van der Waals surface area contributed by atoms with Gasteiger partial charge in [0.2, 0.25) is 0 Å². The van der Waals surface area contributed by atoms with Crippen LogP contribution in [-0.4, -0.2) is 25.1 Å². The largest absolute Gasteiger partial charge is 0.488 e. The van der Waals surface area contributed by atoms with E-state index in [1.807, 2.05) is 54.6 Å². The van der Waals surface area contributed by atoms with Crippen molar-refractivity contribution in [2.75, 3.05) is 18.5 Å². The van der Waals surface area contributed by atoms with E-state index in [4.69, 9.17) is 13.9 Å². The molecule has 30 heavy (non-hydrogen) atoms. The van der Waals surface area contributed by atoms with E-state index in [0.29, 0.717) is 17.0 Å². The molecule has 1 aromatic heterocycles. The maximum atomic E-state index is 12.3. The number of rotatable bonds is 4. The average molecular weight is 399 g/mol. The Labute approximate surface area is 171 Å². The van der Waals surface area contributed by atoms with Crippen LogP contribution in [-0.2, 0) is 14.3 Å². The third-order valence-corrected chi connectivity index (χ3v) is 4.89. The lowest BCUT2D eigenvalue weighted by atomic mass is 10.1. The minimum Gasteiger partial charge on any atom is -0.488 e. The Kier molecular flexibility index (Phi) is 4.44. The molecule has 0 radical (unpaired) electrons. The fraction of sp³-hybridized carbons (Fsp3) is 0.0833. The van der Waals surface area contributed by atoms with Crippen molar-refractivity contribution in [2.24, 2.45) is 0 Å². The first-order valence-corrected chi connectivity index (χ1v) is 9.48. The summed E-state index contributed by atoms with van der Waals surface area (Å²) < 4.78 is 16.5. The molecule has 2 heterocycles. The molecule has 0 unspecified atom stereocenters. The van der Waals surface area contributed by atoms with Crippen LogP contribution in [0.2, 0.25) is 0 Å². The number of amides is 1. The van der Waals surface area contributed by atoms with Crippen LogP contribution in [0, 0.1) is 0 Å². The number of hydrogen-bond acceptors (Lipinski definition) is 5. The number of anilines is 1. The zero-order valence-electron chi connectivity index (χ0n) is 15.9. The highest BCUT2D eigenvalue weighted by Crippen LogP contribution is 2.30. The van der Waals surface area contributed by atoms with Crippen LogP contribution in [0.3, 0.4) is 0 Å². The van der Waals surface area contributed by atoms with Crippen molar-refractivity contribution < 1.29 is 23.5 Å². The lowest BCUT2D eigenvalue weighted by Gasteiger charge is -2.16. The molecule has 0 fully saturated rings. The molecular formula is C24H17NO5. The summed E-state index contributed by atoms with van der Waals surface area (Å²) in [6.07, 6.45) is 1.72. The van der Waals surface area contributed by atoms with Gasteiger partial charge in [0.15, 0.2) is 6.61 Å². The highest BCUT2D eigenvalue weighted by molar-refractivity contribution is 6.07. The van der Waals surface area contributed by atoms with Crippen molar-refractivity contribution in [3.05, 3.63) is 77.9 Å². The molecule has 6 nitrogen and oxygen atoms in total. The van der Waals surface area contributed by atoms with E-state index < -0.39 is 11.9 Å². The van der Waals surface area contributed by atoms with Gasteiger partial charge in [-0.3, -0.25) is 4.79 Å². The lowest BCUT2D eigenvalue weighted by Crippen LogP contribution is -2.23. The summed E-state index contributed by atoms with van der Waals surface area (Å²) in [5.74, 6) is -0.280. The second-order valence-electron chi connectivity index (χ2n) is 6.93. The molecule has 0 spiro atoms. The SMILES string of the molecule is O=C(COC(=O)C1=Cc2ccccc2OC1)Nc1ccc2oc3ccccc3c2c1. The molecule has 1 aliphatic rings. The van der Waals surface area contributed by atoms with Crippen LogP contribution >= 0.6 is 0 Å². The fourth-order valence-corrected chi connectivity index (χ4v) is 3.46. The van der Waals surface area contributed by atoms with Crippen LogP contribution < -0.4 is 10.1 Å². The zero-order valence-corrected chi connectivity index (χ0v) is 15.9. The van der Waals surface area contributed by atoms with Gasteiger partial charge >= 0.3 is 5.97 Å². The standard InChI is InChI=1S/C24H17NO5/c26-23(14-29-24(27)16-11-15-5-1-3-7-20(15)28-13-16)25-17-9-10-22-19(12-17)18-6-2-4-8-21(18)30-22/h1-12H,13-14H2,(H,25,26). The topological polar surface area (TPSA) is 77.8 Å². The van der Waals surface area contributed by atoms with Crippen molar-refractivity contribution in [3.63, 3.8) is 0 Å². The van der Waals surface area contributed by atoms with Crippen LogP contribution in [0.1, 0.15) is 5.56 Å². The number of hydrogen-bond donors (Lipinski definition) is 1. The summed E-state index contributed by atoms with van der Waals surface area (Å²) in [6, 6.07) is 20.5. The summed E-state index contributed by atoms with van der Waals surface area (Å²) in [4.78, 5) is 24.6. The van der Waals surface area contributed by atoms with Crippen molar-refractivity contribution in [1.82, 2.24) is 0 Å². The second-order valence-corrected chi connectivity index (χ2v) is 6.93. The Hall–Kier alpha value is -4.06. The van der Waals surface area contributed by atoms with E-state index in [0.717, 1.165) is 27.5 Å². The van der Waals surface area contributed by atoms with Crippen molar-refractivity contribution in [3.8, 4) is 5.75 Å². The first-order chi connectivity index (χ1) is 14.7. The summed E-state index contributed by atoms with van der Waals surface area (Å²) >= 11 is 0. The molecule has 0 aliphatic carbocycles. The van der Waals surface area contributed by atoms with Gasteiger partial charge in [0.05, 0.1) is 5.57 Å². The van der Waals surface area contributed by atoms with Gasteiger partial charge in [-0.25, -0.2) is 4.79 Å². The van der Waals surface area contributed by atoms with Gasteiger partial charge in [-0.1, -0.05) is 36.4 Å². The Bertz CT molecular complexity index is 1320. The molecule has 0 saturated carbocycles. The van der Waals surface area contributed by atoms with Gasteiger partial charge in [-0.2, -0.15) is 0 Å². The Morgan fingerprint density at radius 3 is 2.67 bits per heavy atom. The lowest BCUT2D eigenvalue weighted by molar-refractivity contribution is -0.143. The summed E-state index contributed by atoms with van der Waals surface area (Å²) in [7, 11) is 0. The number of nitrogens with one attached hydrogen (secondary N) is 1. The average Bonchev–Trinajstić information content (AvgIpc) is 3.15. The predicted molar refractivity (Wildman–Crippen MR) is 113 cm³/mol. The molecule has 3 aromatic carbocycles. The number of carbonyl (C=O) groups excluding carboxylic acids is 2. The number of fused-ring (bicyclic) bond motifs is 4. The molecule has 0 saturated heterocycles. The van der Waals surface area contributed by atoms with E-state index in [2.05, 4.69) is 5.32 Å². The van der Waals surface area contributed by atoms with Gasteiger partial charge < -0.3 is 19.2 Å². The molecule has 0 bridgehead atoms. The van der Waals surface area contributed by atoms with E-state index in [1.54, 1.807) is 18.2 Å². The first kappa shape index (κ1) is 18.0. The van der Waals surface area contributed by atoms with Crippen molar-refractivity contribution in [2.45, 2.75) is 0 Å². The van der Waals surface area contributed by atoms with Gasteiger partial charge in [0.25, 0.3) is 5.91 Å². The third-order valence-electron chi connectivity index (χ3n) is 4.89. The minimum absolute atomic E-state index is 0.113. The number of furan rings is 1. The Morgan fingerprint density at radius 2 is 1.73 bits per heavy atom. The molecule has 6 heteroatoms. The minimum atomic E-state index is -0.573. The van der Waals surface area contributed by atoms with Crippen molar-refractivity contribution in [1.29, 1.82) is 0 Å². The molecule has 148 valence electrons. The van der Waals surface area contributed by atoms with Gasteiger partial charge in [0.1, 0.15) is 23.5 Å². The summed E-state index contributed by atoms with van der Waals surface area (Å²) in [6.45, 7) is -0.274. The van der Waals surface area contributed by atoms with E-state index in [-0.39, 0.29) is 13.2 Å². The maximum Gasteiger partial charge on any atom is 0.338 e. The highest BCUT2D eigenvalue weighted by Gasteiger charge is 2.19. The highest BCUT2D eigenvalue weighted by atomic mass is 16.5. The molecule has 1 aliphatic heterocycles. The third kappa shape index (κ3) is 3.39. The molecular weight excluding hydrogens is 382 g/mol. The monoisotopic (exact) mass is 399 g/mol. The van der Waals surface area contributed by atoms with Gasteiger partial charge in [0, 0.05) is 22.0 Å². The summed E-state index contributed by atoms with van der Waals surface area (Å²) in [5.41, 5.74) is 3.30. The van der Waals surface area contributed by atoms with Crippen LogP contribution in [0.25, 0.3) is 28.0 Å². The first-order valence-electron chi connectivity index (χ1n) is 9.48. The number of esters is 1. The smallest absolute Gasteiger partial charge is 0.338 e. The number of benzene rings is 3. The van der Waals surface area contributed by atoms with E-state index in [1.165, 1.54) is 0 Å². The summed E-state index contributed by atoms with van der Waals surface area (Å²) in [5, 5.41) is 4.63. The molecule has 4 aromatic rings. The molecule has 1 N–H and O–H groups in total. The molecule has 1 amide bonds. The van der Waals surface area contributed by atoms with Crippen LogP contribution in [0.5, 0.6) is 5.75 Å². The quantitative estimate of drug-likeness (QED) is 0.510. The Balaban J connectivity index is 1.25. The number of para-hydroxylation sites is 2. The fourth-order valence-electron chi connectivity index (χ4n) is 3.46. The number of carbonyl (C=O) groups is 2. The second kappa shape index (κ2) is 7.40. The zero-order chi connectivity index (χ0) is 20.5. The van der Waals surface area contributed by atoms with Gasteiger partial charge in [-0.15, -0.1) is 0 Å². The van der Waals surface area contributed by atoms with E-state index in [9.17, 15) is 9.59 Å². The molecule has 5 rings (SSSR count). The normalized spacial score (nSPS) is 12.7. The molecule has 0 atom stereocenters. The van der Waals surface area contributed by atoms with Crippen LogP contribution in [0.15, 0.2) is 76.7 Å². The van der Waals surface area contributed by atoms with E-state index >= 15 is 0 Å². The number of ether oxygens (including phenoxy) is 2. The maximum absolute atomic E-state index is 12.3. The van der Waals surface area contributed by atoms with Crippen molar-refractivity contribution >= 4 is 45.6 Å². The van der Waals surface area contributed by atoms with Crippen LogP contribution in [0.4, 0.5) is 5.69 Å².